The number of piperidine rings is 1. The molecule has 0 aromatic heterocycles. The van der Waals surface area contributed by atoms with Gasteiger partial charge in [-0.25, -0.2) is 4.39 Å². The van der Waals surface area contributed by atoms with Gasteiger partial charge < -0.3 is 10.6 Å². The Morgan fingerprint density at radius 1 is 1.41 bits per heavy atom. The van der Waals surface area contributed by atoms with Gasteiger partial charge >= 0.3 is 6.18 Å². The summed E-state index contributed by atoms with van der Waals surface area (Å²) in [6.45, 7) is 3.34. The van der Waals surface area contributed by atoms with E-state index in [0.29, 0.717) is 37.7 Å². The van der Waals surface area contributed by atoms with Crippen LogP contribution in [0.15, 0.2) is 18.2 Å². The van der Waals surface area contributed by atoms with Gasteiger partial charge in [0, 0.05) is 18.7 Å². The number of hydrogen-bond donors (Lipinski definition) is 1. The molecule has 1 aliphatic rings. The highest BCUT2D eigenvalue weighted by Gasteiger charge is 2.35. The largest absolute Gasteiger partial charge is 0.419 e. The van der Waals surface area contributed by atoms with Gasteiger partial charge in [0.15, 0.2) is 0 Å². The number of nitrogens with two attached hydrogens (primary N) is 1. The SMILES string of the molecule is CC1CCN(C(=O)c2ccc(F)c(C(F)(F)F)c2)CC1CN. The number of alkyl halides is 3. The molecule has 0 spiro atoms. The Kier molecular flexibility index (Phi) is 4.75. The van der Waals surface area contributed by atoms with Gasteiger partial charge in [-0.3, -0.25) is 4.79 Å². The summed E-state index contributed by atoms with van der Waals surface area (Å²) in [6.07, 6.45) is -4.07. The molecule has 0 aliphatic carbocycles. The first kappa shape index (κ1) is 16.7. The van der Waals surface area contributed by atoms with Crippen LogP contribution in [0.25, 0.3) is 0 Å². The highest BCUT2D eigenvalue weighted by atomic mass is 19.4. The Balaban J connectivity index is 2.23. The van der Waals surface area contributed by atoms with Crippen molar-refractivity contribution >= 4 is 5.91 Å². The van der Waals surface area contributed by atoms with Crippen LogP contribution in [0.3, 0.4) is 0 Å². The van der Waals surface area contributed by atoms with Gasteiger partial charge in [-0.15, -0.1) is 0 Å². The molecule has 2 atom stereocenters. The Morgan fingerprint density at radius 2 is 2.09 bits per heavy atom. The molecule has 0 saturated carbocycles. The Bertz CT molecular complexity index is 559. The zero-order chi connectivity index (χ0) is 16.5. The van der Waals surface area contributed by atoms with Crippen LogP contribution in [0.1, 0.15) is 29.3 Å². The maximum absolute atomic E-state index is 13.3. The summed E-state index contributed by atoms with van der Waals surface area (Å²) >= 11 is 0. The first-order chi connectivity index (χ1) is 10.2. The molecule has 1 aliphatic heterocycles. The average molecular weight is 318 g/mol. The van der Waals surface area contributed by atoms with Gasteiger partial charge in [0.05, 0.1) is 5.56 Å². The molecule has 1 fully saturated rings. The van der Waals surface area contributed by atoms with Gasteiger partial charge in [0.25, 0.3) is 5.91 Å². The molecule has 1 aromatic rings. The number of hydrogen-bond acceptors (Lipinski definition) is 2. The van der Waals surface area contributed by atoms with Crippen LogP contribution in [-0.2, 0) is 6.18 Å². The second kappa shape index (κ2) is 6.24. The molecule has 2 rings (SSSR count). The van der Waals surface area contributed by atoms with Crippen LogP contribution in [0.4, 0.5) is 17.6 Å². The van der Waals surface area contributed by atoms with Crippen molar-refractivity contribution < 1.29 is 22.4 Å². The molecule has 0 radical (unpaired) electrons. The average Bonchev–Trinajstić information content (AvgIpc) is 2.46. The van der Waals surface area contributed by atoms with Crippen LogP contribution < -0.4 is 5.73 Å². The van der Waals surface area contributed by atoms with Crippen LogP contribution in [0, 0.1) is 17.7 Å². The molecule has 3 nitrogen and oxygen atoms in total. The minimum absolute atomic E-state index is 0.125. The van der Waals surface area contributed by atoms with Gasteiger partial charge in [0.1, 0.15) is 5.82 Å². The number of rotatable bonds is 2. The van der Waals surface area contributed by atoms with Crippen molar-refractivity contribution in [2.24, 2.45) is 17.6 Å². The maximum Gasteiger partial charge on any atom is 0.419 e. The van der Waals surface area contributed by atoms with E-state index in [4.69, 9.17) is 5.73 Å². The molecule has 2 unspecified atom stereocenters. The smallest absolute Gasteiger partial charge is 0.338 e. The van der Waals surface area contributed by atoms with Crippen molar-refractivity contribution in [3.8, 4) is 0 Å². The van der Waals surface area contributed by atoms with E-state index in [1.54, 1.807) is 0 Å². The van der Waals surface area contributed by atoms with Crippen molar-refractivity contribution in [2.45, 2.75) is 19.5 Å². The second-order valence-electron chi connectivity index (χ2n) is 5.71. The van der Waals surface area contributed by atoms with Crippen molar-refractivity contribution in [1.29, 1.82) is 0 Å². The molecule has 1 saturated heterocycles. The fourth-order valence-electron chi connectivity index (χ4n) is 2.70. The summed E-state index contributed by atoms with van der Waals surface area (Å²) in [7, 11) is 0. The summed E-state index contributed by atoms with van der Waals surface area (Å²) in [5.74, 6) is -1.40. The number of halogens is 4. The van der Waals surface area contributed by atoms with Crippen molar-refractivity contribution in [3.63, 3.8) is 0 Å². The van der Waals surface area contributed by atoms with Gasteiger partial charge in [0.2, 0.25) is 0 Å². The molecule has 1 amide bonds. The standard InChI is InChI=1S/C15H18F4N2O/c1-9-4-5-21(8-11(9)7-20)14(22)10-2-3-13(16)12(6-10)15(17,18)19/h2-3,6,9,11H,4-5,7-8,20H2,1H3. The molecule has 7 heteroatoms. The van der Waals surface area contributed by atoms with Gasteiger partial charge in [-0.2, -0.15) is 13.2 Å². The molecule has 2 N–H and O–H groups in total. The van der Waals surface area contributed by atoms with E-state index in [0.717, 1.165) is 12.5 Å². The predicted molar refractivity (Wildman–Crippen MR) is 73.6 cm³/mol. The normalized spacial score (nSPS) is 22.7. The van der Waals surface area contributed by atoms with Gasteiger partial charge in [-0.05, 0) is 43.0 Å². The lowest BCUT2D eigenvalue weighted by molar-refractivity contribution is -0.140. The first-order valence-electron chi connectivity index (χ1n) is 7.10. The Labute approximate surface area is 126 Å². The predicted octanol–water partition coefficient (Wildman–Crippen LogP) is 2.90. The van der Waals surface area contributed by atoms with Crippen molar-refractivity contribution in [1.82, 2.24) is 4.90 Å². The van der Waals surface area contributed by atoms with E-state index in [-0.39, 0.29) is 11.5 Å². The highest BCUT2D eigenvalue weighted by molar-refractivity contribution is 5.94. The third kappa shape index (κ3) is 3.40. The third-order valence-corrected chi connectivity index (χ3v) is 4.22. The van der Waals surface area contributed by atoms with Gasteiger partial charge in [-0.1, -0.05) is 6.92 Å². The molecule has 1 aromatic carbocycles. The fraction of sp³-hybridized carbons (Fsp3) is 0.533. The van der Waals surface area contributed by atoms with Crippen molar-refractivity contribution in [3.05, 3.63) is 35.1 Å². The van der Waals surface area contributed by atoms with Crippen molar-refractivity contribution in [2.75, 3.05) is 19.6 Å². The minimum Gasteiger partial charge on any atom is -0.338 e. The summed E-state index contributed by atoms with van der Waals surface area (Å²) in [5.41, 5.74) is 4.09. The zero-order valence-corrected chi connectivity index (χ0v) is 12.2. The number of benzene rings is 1. The number of carbonyl (C=O) groups excluding carboxylic acids is 1. The number of likely N-dealkylation sites (tertiary alicyclic amines) is 1. The van der Waals surface area contributed by atoms with E-state index < -0.39 is 23.5 Å². The summed E-state index contributed by atoms with van der Waals surface area (Å²) in [4.78, 5) is 13.8. The second-order valence-corrected chi connectivity index (χ2v) is 5.71. The Morgan fingerprint density at radius 3 is 2.68 bits per heavy atom. The molecule has 0 bridgehead atoms. The Hall–Kier alpha value is -1.63. The van der Waals surface area contributed by atoms with Crippen LogP contribution in [-0.4, -0.2) is 30.4 Å². The van der Waals surface area contributed by atoms with E-state index in [1.807, 2.05) is 6.92 Å². The molecular formula is C15H18F4N2O. The lowest BCUT2D eigenvalue weighted by Crippen LogP contribution is -2.45. The number of nitrogens with zero attached hydrogens (tertiary/aromatic N) is 1. The summed E-state index contributed by atoms with van der Waals surface area (Å²) < 4.78 is 51.4. The highest BCUT2D eigenvalue weighted by Crippen LogP contribution is 2.32. The van der Waals surface area contributed by atoms with Crippen LogP contribution in [0.2, 0.25) is 0 Å². The third-order valence-electron chi connectivity index (χ3n) is 4.22. The molecule has 1 heterocycles. The lowest BCUT2D eigenvalue weighted by atomic mass is 9.87. The van der Waals surface area contributed by atoms with Crippen LogP contribution in [0.5, 0.6) is 0 Å². The first-order valence-corrected chi connectivity index (χ1v) is 7.10. The van der Waals surface area contributed by atoms with E-state index in [2.05, 4.69) is 0 Å². The fourth-order valence-corrected chi connectivity index (χ4v) is 2.70. The van der Waals surface area contributed by atoms with E-state index in [9.17, 15) is 22.4 Å². The summed E-state index contributed by atoms with van der Waals surface area (Å²) in [5, 5.41) is 0. The minimum atomic E-state index is -4.82. The van der Waals surface area contributed by atoms with Crippen LogP contribution >= 0.6 is 0 Å². The molecule has 122 valence electrons. The number of amides is 1. The molecular weight excluding hydrogens is 300 g/mol. The van der Waals surface area contributed by atoms with E-state index in [1.165, 1.54) is 4.90 Å². The quantitative estimate of drug-likeness (QED) is 0.852. The molecule has 22 heavy (non-hydrogen) atoms. The monoisotopic (exact) mass is 318 g/mol. The topological polar surface area (TPSA) is 46.3 Å². The van der Waals surface area contributed by atoms with E-state index >= 15 is 0 Å². The zero-order valence-electron chi connectivity index (χ0n) is 12.2. The lowest BCUT2D eigenvalue weighted by Gasteiger charge is -2.36. The maximum atomic E-state index is 13.3. The number of carbonyl (C=O) groups is 1. The summed E-state index contributed by atoms with van der Waals surface area (Å²) in [6, 6.07) is 2.35.